The van der Waals surface area contributed by atoms with Crippen LogP contribution < -0.4 is 0 Å². The van der Waals surface area contributed by atoms with Crippen molar-refractivity contribution in [1.82, 2.24) is 0 Å². The monoisotopic (exact) mass is 366 g/mol. The van der Waals surface area contributed by atoms with Crippen molar-refractivity contribution in [2.45, 2.75) is 70.0 Å². The molecule has 2 aromatic rings. The number of aryl methyl sites for hydroxylation is 2. The number of carboxylic acids is 1. The highest BCUT2D eigenvalue weighted by Gasteiger charge is 2.60. The van der Waals surface area contributed by atoms with E-state index in [1.807, 2.05) is 18.2 Å². The Morgan fingerprint density at radius 1 is 0.889 bits per heavy atom. The molecular weight excluding hydrogens is 336 g/mol. The number of carbonyl (C=O) groups is 1. The number of unbranched alkanes of at least 4 members (excludes halogenated alkanes) is 5. The third-order valence-corrected chi connectivity index (χ3v) is 5.57. The van der Waals surface area contributed by atoms with Crippen LogP contribution in [0.25, 0.3) is 0 Å². The van der Waals surface area contributed by atoms with Crippen molar-refractivity contribution >= 4 is 5.97 Å². The molecule has 144 valence electrons. The zero-order chi connectivity index (χ0) is 19.1. The lowest BCUT2D eigenvalue weighted by molar-refractivity contribution is -0.142. The maximum Gasteiger partial charge on any atom is 0.338 e. The lowest BCUT2D eigenvalue weighted by Gasteiger charge is -2.08. The molecule has 1 aliphatic heterocycles. The Kier molecular flexibility index (Phi) is 6.68. The largest absolute Gasteiger partial charge is 0.479 e. The Bertz CT molecular complexity index is 740. The van der Waals surface area contributed by atoms with Crippen molar-refractivity contribution in [2.24, 2.45) is 0 Å². The van der Waals surface area contributed by atoms with Crippen LogP contribution in [0.15, 0.2) is 54.6 Å². The first-order valence-corrected chi connectivity index (χ1v) is 10.1. The molecule has 1 fully saturated rings. The molecule has 0 radical (unpaired) electrons. The van der Waals surface area contributed by atoms with Crippen molar-refractivity contribution in [3.8, 4) is 0 Å². The molecule has 27 heavy (non-hydrogen) atoms. The Labute approximate surface area is 162 Å². The van der Waals surface area contributed by atoms with Crippen LogP contribution in [0.2, 0.25) is 0 Å². The van der Waals surface area contributed by atoms with E-state index in [-0.39, 0.29) is 6.10 Å². The normalized spacial score (nSPS) is 21.1. The van der Waals surface area contributed by atoms with Gasteiger partial charge in [0.25, 0.3) is 0 Å². The molecule has 1 heterocycles. The molecule has 0 amide bonds. The highest BCUT2D eigenvalue weighted by Crippen LogP contribution is 2.50. The first kappa shape index (κ1) is 19.6. The number of carboxylic acid groups (broad SMARTS) is 1. The van der Waals surface area contributed by atoms with Crippen molar-refractivity contribution < 1.29 is 14.6 Å². The van der Waals surface area contributed by atoms with Gasteiger partial charge in [0, 0.05) is 0 Å². The molecule has 3 nitrogen and oxygen atoms in total. The number of ether oxygens (including phenoxy) is 1. The minimum Gasteiger partial charge on any atom is -0.479 e. The fraction of sp³-hybridized carbons (Fsp3) is 0.458. The van der Waals surface area contributed by atoms with Gasteiger partial charge in [0.15, 0.2) is 5.60 Å². The van der Waals surface area contributed by atoms with Crippen LogP contribution in [0, 0.1) is 0 Å². The molecule has 3 rings (SSSR count). The standard InChI is InChI=1S/C24H30O3/c1-24(23(25)26)22(27-24)21-18-12-11-17-20(21)16-10-5-3-2-4-7-13-19-14-8-6-9-15-19/h6,8-9,11-12,14-15,17-18,22H,2-5,7,10,13,16H2,1H3,(H,25,26). The topological polar surface area (TPSA) is 49.8 Å². The molecule has 2 aromatic carbocycles. The summed E-state index contributed by atoms with van der Waals surface area (Å²) in [5.41, 5.74) is 2.67. The summed E-state index contributed by atoms with van der Waals surface area (Å²) in [6.45, 7) is 1.66. The second-order valence-corrected chi connectivity index (χ2v) is 7.72. The van der Waals surface area contributed by atoms with Crippen molar-refractivity contribution in [1.29, 1.82) is 0 Å². The van der Waals surface area contributed by atoms with Crippen molar-refractivity contribution in [3.05, 3.63) is 71.3 Å². The second kappa shape index (κ2) is 9.18. The highest BCUT2D eigenvalue weighted by molar-refractivity contribution is 5.81. The van der Waals surface area contributed by atoms with Gasteiger partial charge in [-0.3, -0.25) is 0 Å². The number of epoxide rings is 1. The van der Waals surface area contributed by atoms with Gasteiger partial charge in [0.05, 0.1) is 0 Å². The first-order chi connectivity index (χ1) is 13.1. The number of aliphatic carboxylic acids is 1. The fourth-order valence-electron chi connectivity index (χ4n) is 3.75. The van der Waals surface area contributed by atoms with Gasteiger partial charge >= 0.3 is 5.97 Å². The summed E-state index contributed by atoms with van der Waals surface area (Å²) < 4.78 is 5.50. The van der Waals surface area contributed by atoms with Gasteiger partial charge in [-0.2, -0.15) is 0 Å². The van der Waals surface area contributed by atoms with Crippen molar-refractivity contribution in [2.75, 3.05) is 0 Å². The molecule has 0 aliphatic carbocycles. The van der Waals surface area contributed by atoms with Crippen LogP contribution in [0.5, 0.6) is 0 Å². The van der Waals surface area contributed by atoms with Crippen molar-refractivity contribution in [3.63, 3.8) is 0 Å². The third kappa shape index (κ3) is 5.20. The van der Waals surface area contributed by atoms with E-state index in [0.717, 1.165) is 18.4 Å². The summed E-state index contributed by atoms with van der Waals surface area (Å²) in [5.74, 6) is -0.877. The number of rotatable bonds is 11. The fourth-order valence-corrected chi connectivity index (χ4v) is 3.75. The van der Waals surface area contributed by atoms with E-state index in [4.69, 9.17) is 4.74 Å². The van der Waals surface area contributed by atoms with Gasteiger partial charge < -0.3 is 9.84 Å². The summed E-state index contributed by atoms with van der Waals surface area (Å²) in [5, 5.41) is 9.30. The molecule has 0 aromatic heterocycles. The average Bonchev–Trinajstić information content (AvgIpc) is 3.38. The number of hydrogen-bond donors (Lipinski definition) is 1. The highest BCUT2D eigenvalue weighted by atomic mass is 16.6. The van der Waals surface area contributed by atoms with Crippen LogP contribution in [-0.4, -0.2) is 16.7 Å². The first-order valence-electron chi connectivity index (χ1n) is 10.1. The second-order valence-electron chi connectivity index (χ2n) is 7.72. The molecule has 1 N–H and O–H groups in total. The molecular formula is C24H30O3. The van der Waals surface area contributed by atoms with E-state index in [1.54, 1.807) is 6.92 Å². The van der Waals surface area contributed by atoms with Gasteiger partial charge in [-0.05, 0) is 49.3 Å². The molecule has 0 spiro atoms. The van der Waals surface area contributed by atoms with E-state index < -0.39 is 11.6 Å². The molecule has 0 bridgehead atoms. The minimum atomic E-state index is -1.05. The summed E-state index contributed by atoms with van der Waals surface area (Å²) in [7, 11) is 0. The van der Waals surface area contributed by atoms with Gasteiger partial charge in [-0.15, -0.1) is 0 Å². The molecule has 1 aliphatic rings. The third-order valence-electron chi connectivity index (χ3n) is 5.57. The summed E-state index contributed by atoms with van der Waals surface area (Å²) in [6, 6.07) is 18.8. The van der Waals surface area contributed by atoms with Crippen LogP contribution in [0.4, 0.5) is 0 Å². The Morgan fingerprint density at radius 3 is 2.15 bits per heavy atom. The molecule has 2 atom stereocenters. The average molecular weight is 367 g/mol. The predicted molar refractivity (Wildman–Crippen MR) is 108 cm³/mol. The maximum absolute atomic E-state index is 11.3. The van der Waals surface area contributed by atoms with Crippen LogP contribution in [0.3, 0.4) is 0 Å². The number of hydrogen-bond acceptors (Lipinski definition) is 2. The zero-order valence-electron chi connectivity index (χ0n) is 16.2. The number of benzene rings is 2. The Balaban J connectivity index is 1.34. The SMILES string of the molecule is CC1(C(=O)O)OC1c1ccccc1CCCCCCCCc1ccccc1. The predicted octanol–water partition coefficient (Wildman–Crippen LogP) is 5.73. The van der Waals surface area contributed by atoms with Gasteiger partial charge in [-0.1, -0.05) is 80.3 Å². The van der Waals surface area contributed by atoms with Gasteiger partial charge in [0.2, 0.25) is 0 Å². The van der Waals surface area contributed by atoms with E-state index in [1.165, 1.54) is 49.7 Å². The minimum absolute atomic E-state index is 0.302. The lowest BCUT2D eigenvalue weighted by Crippen LogP contribution is -2.20. The van der Waals surface area contributed by atoms with Crippen LogP contribution >= 0.6 is 0 Å². The Hall–Kier alpha value is -2.13. The van der Waals surface area contributed by atoms with Crippen LogP contribution in [0.1, 0.15) is 68.2 Å². The molecule has 3 heteroatoms. The van der Waals surface area contributed by atoms with E-state index in [0.29, 0.717) is 0 Å². The van der Waals surface area contributed by atoms with E-state index >= 15 is 0 Å². The molecule has 0 saturated carbocycles. The zero-order valence-corrected chi connectivity index (χ0v) is 16.2. The Morgan fingerprint density at radius 2 is 1.48 bits per heavy atom. The maximum atomic E-state index is 11.3. The van der Waals surface area contributed by atoms with Gasteiger partial charge in [0.1, 0.15) is 6.10 Å². The summed E-state index contributed by atoms with van der Waals surface area (Å²) in [4.78, 5) is 11.3. The summed E-state index contributed by atoms with van der Waals surface area (Å²) in [6.07, 6.45) is 9.35. The van der Waals surface area contributed by atoms with E-state index in [9.17, 15) is 9.90 Å². The summed E-state index contributed by atoms with van der Waals surface area (Å²) >= 11 is 0. The van der Waals surface area contributed by atoms with Crippen LogP contribution in [-0.2, 0) is 22.4 Å². The quantitative estimate of drug-likeness (QED) is 0.408. The molecule has 1 saturated heterocycles. The lowest BCUT2D eigenvalue weighted by atomic mass is 9.94. The molecule has 2 unspecified atom stereocenters. The van der Waals surface area contributed by atoms with E-state index in [2.05, 4.69) is 36.4 Å². The van der Waals surface area contributed by atoms with Gasteiger partial charge in [-0.25, -0.2) is 4.79 Å². The smallest absolute Gasteiger partial charge is 0.338 e.